The van der Waals surface area contributed by atoms with E-state index in [0.29, 0.717) is 0 Å². The fraction of sp³-hybridized carbons (Fsp3) is 0.364. The molecule has 1 heterocycles. The molecule has 0 aliphatic heterocycles. The van der Waals surface area contributed by atoms with E-state index in [4.69, 9.17) is 5.73 Å². The molecule has 0 fully saturated rings. The van der Waals surface area contributed by atoms with Crippen LogP contribution in [-0.2, 0) is 0 Å². The summed E-state index contributed by atoms with van der Waals surface area (Å²) in [5.41, 5.74) is 7.58. The molecule has 0 aliphatic rings. The van der Waals surface area contributed by atoms with Crippen LogP contribution in [0.25, 0.3) is 0 Å². The number of allylic oxidation sites excluding steroid dienone is 1. The summed E-state index contributed by atoms with van der Waals surface area (Å²) in [7, 11) is 2.04. The molecule has 0 saturated heterocycles. The number of hydrogen-bond acceptors (Lipinski definition) is 3. The van der Waals surface area contributed by atoms with Gasteiger partial charge in [0.15, 0.2) is 0 Å². The minimum Gasteiger partial charge on any atom is -0.396 e. The van der Waals surface area contributed by atoms with E-state index in [2.05, 4.69) is 16.5 Å². The number of nitrogens with zero attached hydrogens (tertiary/aromatic N) is 2. The second kappa shape index (κ2) is 5.27. The van der Waals surface area contributed by atoms with E-state index in [0.717, 1.165) is 30.8 Å². The Balaban J connectivity index is 2.55. The van der Waals surface area contributed by atoms with Crippen molar-refractivity contribution in [1.82, 2.24) is 4.98 Å². The number of nitrogens with two attached hydrogens (primary N) is 1. The first kappa shape index (κ1) is 10.6. The van der Waals surface area contributed by atoms with Crippen LogP contribution in [0.2, 0.25) is 0 Å². The lowest BCUT2D eigenvalue weighted by Gasteiger charge is -2.20. The molecule has 0 unspecified atom stereocenters. The van der Waals surface area contributed by atoms with Crippen LogP contribution in [0.4, 0.5) is 11.4 Å². The van der Waals surface area contributed by atoms with Gasteiger partial charge in [-0.2, -0.15) is 0 Å². The Bertz CT molecular complexity index is 296. The number of aromatic nitrogens is 1. The standard InChI is InChI=1S/C11H17N3/c1-3-4-5-8-14(2)11-6-7-13-9-10(11)12/h3,6-7,9H,1,4-5,8,12H2,2H3. The quantitative estimate of drug-likeness (QED) is 0.572. The van der Waals surface area contributed by atoms with Gasteiger partial charge in [0.1, 0.15) is 0 Å². The highest BCUT2D eigenvalue weighted by Gasteiger charge is 2.03. The molecular weight excluding hydrogens is 174 g/mol. The first-order valence-electron chi connectivity index (χ1n) is 4.77. The van der Waals surface area contributed by atoms with Crippen LogP contribution in [0.5, 0.6) is 0 Å². The maximum absolute atomic E-state index is 5.80. The minimum absolute atomic E-state index is 0.730. The van der Waals surface area contributed by atoms with Crippen LogP contribution in [0.1, 0.15) is 12.8 Å². The van der Waals surface area contributed by atoms with Gasteiger partial charge in [0.2, 0.25) is 0 Å². The second-order valence-electron chi connectivity index (χ2n) is 3.29. The fourth-order valence-corrected chi connectivity index (χ4v) is 1.34. The summed E-state index contributed by atoms with van der Waals surface area (Å²) in [6.45, 7) is 4.68. The number of anilines is 2. The van der Waals surface area contributed by atoms with E-state index in [1.807, 2.05) is 19.2 Å². The summed E-state index contributed by atoms with van der Waals surface area (Å²) in [6.07, 6.45) is 7.51. The Hall–Kier alpha value is -1.51. The number of unbranched alkanes of at least 4 members (excludes halogenated alkanes) is 1. The van der Waals surface area contributed by atoms with Gasteiger partial charge in [0, 0.05) is 19.8 Å². The molecule has 1 rings (SSSR count). The molecule has 3 nitrogen and oxygen atoms in total. The van der Waals surface area contributed by atoms with E-state index in [9.17, 15) is 0 Å². The number of rotatable bonds is 5. The maximum Gasteiger partial charge on any atom is 0.0738 e. The maximum atomic E-state index is 5.80. The molecule has 0 aromatic carbocycles. The van der Waals surface area contributed by atoms with Crippen molar-refractivity contribution >= 4 is 11.4 Å². The van der Waals surface area contributed by atoms with Gasteiger partial charge in [0.05, 0.1) is 17.6 Å². The molecule has 14 heavy (non-hydrogen) atoms. The summed E-state index contributed by atoms with van der Waals surface area (Å²) in [5.74, 6) is 0. The lowest BCUT2D eigenvalue weighted by molar-refractivity contribution is 0.802. The monoisotopic (exact) mass is 191 g/mol. The van der Waals surface area contributed by atoms with Gasteiger partial charge in [0.25, 0.3) is 0 Å². The van der Waals surface area contributed by atoms with E-state index < -0.39 is 0 Å². The van der Waals surface area contributed by atoms with Crippen molar-refractivity contribution in [3.05, 3.63) is 31.1 Å². The van der Waals surface area contributed by atoms with Crippen molar-refractivity contribution < 1.29 is 0 Å². The number of nitrogen functional groups attached to an aromatic ring is 1. The molecule has 0 saturated carbocycles. The zero-order valence-corrected chi connectivity index (χ0v) is 8.61. The van der Waals surface area contributed by atoms with Crippen LogP contribution in [0, 0.1) is 0 Å². The Morgan fingerprint density at radius 3 is 3.07 bits per heavy atom. The van der Waals surface area contributed by atoms with Gasteiger partial charge in [-0.3, -0.25) is 4.98 Å². The third kappa shape index (κ3) is 2.76. The SMILES string of the molecule is C=CCCCN(C)c1ccncc1N. The van der Waals surface area contributed by atoms with Crippen molar-refractivity contribution in [3.63, 3.8) is 0 Å². The Labute approximate surface area is 85.3 Å². The van der Waals surface area contributed by atoms with E-state index in [1.165, 1.54) is 0 Å². The molecule has 2 N–H and O–H groups in total. The van der Waals surface area contributed by atoms with Gasteiger partial charge in [-0.05, 0) is 18.9 Å². The lowest BCUT2D eigenvalue weighted by atomic mass is 10.2. The van der Waals surface area contributed by atoms with Crippen LogP contribution >= 0.6 is 0 Å². The summed E-state index contributed by atoms with van der Waals surface area (Å²) >= 11 is 0. The minimum atomic E-state index is 0.730. The Morgan fingerprint density at radius 2 is 2.43 bits per heavy atom. The Morgan fingerprint density at radius 1 is 1.64 bits per heavy atom. The molecule has 3 heteroatoms. The van der Waals surface area contributed by atoms with Gasteiger partial charge in [-0.1, -0.05) is 6.08 Å². The first-order valence-corrected chi connectivity index (χ1v) is 4.77. The van der Waals surface area contributed by atoms with Crippen molar-refractivity contribution in [2.45, 2.75) is 12.8 Å². The molecule has 0 aliphatic carbocycles. The molecule has 0 atom stereocenters. The van der Waals surface area contributed by atoms with Crippen molar-refractivity contribution in [2.75, 3.05) is 24.2 Å². The number of pyridine rings is 1. The van der Waals surface area contributed by atoms with Gasteiger partial charge >= 0.3 is 0 Å². The van der Waals surface area contributed by atoms with Crippen LogP contribution in [0.15, 0.2) is 31.1 Å². The highest BCUT2D eigenvalue weighted by molar-refractivity contribution is 5.65. The van der Waals surface area contributed by atoms with E-state index >= 15 is 0 Å². The summed E-state index contributed by atoms with van der Waals surface area (Å²) in [5, 5.41) is 0. The molecule has 1 aromatic rings. The Kier molecular flexibility index (Phi) is 3.98. The molecule has 0 amide bonds. The van der Waals surface area contributed by atoms with Crippen molar-refractivity contribution in [3.8, 4) is 0 Å². The largest absolute Gasteiger partial charge is 0.396 e. The first-order chi connectivity index (χ1) is 6.75. The average molecular weight is 191 g/mol. The van der Waals surface area contributed by atoms with Gasteiger partial charge in [-0.25, -0.2) is 0 Å². The average Bonchev–Trinajstić information content (AvgIpc) is 2.18. The summed E-state index contributed by atoms with van der Waals surface area (Å²) in [6, 6.07) is 1.93. The third-order valence-electron chi connectivity index (χ3n) is 2.14. The van der Waals surface area contributed by atoms with Gasteiger partial charge < -0.3 is 10.6 Å². The zero-order chi connectivity index (χ0) is 10.4. The lowest BCUT2D eigenvalue weighted by Crippen LogP contribution is -2.19. The second-order valence-corrected chi connectivity index (χ2v) is 3.29. The highest BCUT2D eigenvalue weighted by Crippen LogP contribution is 2.19. The summed E-state index contributed by atoms with van der Waals surface area (Å²) < 4.78 is 0. The molecule has 0 bridgehead atoms. The molecule has 76 valence electrons. The van der Waals surface area contributed by atoms with Crippen LogP contribution in [-0.4, -0.2) is 18.6 Å². The predicted molar refractivity (Wildman–Crippen MR) is 61.4 cm³/mol. The molecular formula is C11H17N3. The smallest absolute Gasteiger partial charge is 0.0738 e. The predicted octanol–water partition coefficient (Wildman–Crippen LogP) is 2.07. The van der Waals surface area contributed by atoms with E-state index in [1.54, 1.807) is 12.4 Å². The topological polar surface area (TPSA) is 42.2 Å². The third-order valence-corrected chi connectivity index (χ3v) is 2.14. The van der Waals surface area contributed by atoms with Crippen LogP contribution < -0.4 is 10.6 Å². The van der Waals surface area contributed by atoms with Gasteiger partial charge in [-0.15, -0.1) is 6.58 Å². The summed E-state index contributed by atoms with van der Waals surface area (Å²) in [4.78, 5) is 6.10. The molecule has 1 aromatic heterocycles. The van der Waals surface area contributed by atoms with Crippen molar-refractivity contribution in [1.29, 1.82) is 0 Å². The van der Waals surface area contributed by atoms with Crippen LogP contribution in [0.3, 0.4) is 0 Å². The van der Waals surface area contributed by atoms with Crippen molar-refractivity contribution in [2.24, 2.45) is 0 Å². The molecule has 0 spiro atoms. The van der Waals surface area contributed by atoms with E-state index in [-0.39, 0.29) is 0 Å². The number of hydrogen-bond donors (Lipinski definition) is 1. The highest BCUT2D eigenvalue weighted by atomic mass is 15.1. The normalized spacial score (nSPS) is 9.79. The zero-order valence-electron chi connectivity index (χ0n) is 8.61. The molecule has 0 radical (unpaired) electrons. The fourth-order valence-electron chi connectivity index (χ4n) is 1.34.